The van der Waals surface area contributed by atoms with E-state index in [0.717, 1.165) is 13.1 Å². The quantitative estimate of drug-likeness (QED) is 0.708. The normalized spacial score (nSPS) is 10.8. The van der Waals surface area contributed by atoms with E-state index in [4.69, 9.17) is 9.47 Å². The van der Waals surface area contributed by atoms with Gasteiger partial charge in [0.2, 0.25) is 0 Å². The minimum absolute atomic E-state index is 0.195. The highest BCUT2D eigenvalue weighted by Gasteiger charge is 2.09. The average molecular weight is 332 g/mol. The first-order chi connectivity index (χ1) is 11.6. The maximum atomic E-state index is 12.3. The molecule has 1 heterocycles. The van der Waals surface area contributed by atoms with E-state index >= 15 is 0 Å². The zero-order chi connectivity index (χ0) is 17.4. The van der Waals surface area contributed by atoms with Crippen molar-refractivity contribution in [2.24, 2.45) is 0 Å². The van der Waals surface area contributed by atoms with Crippen molar-refractivity contribution in [3.63, 3.8) is 0 Å². The molecule has 0 radical (unpaired) electrons. The van der Waals surface area contributed by atoms with Crippen molar-refractivity contribution in [2.75, 3.05) is 46.3 Å². The molecule has 0 saturated carbocycles. The van der Waals surface area contributed by atoms with Gasteiger partial charge in [-0.15, -0.1) is 0 Å². The molecule has 7 nitrogen and oxygen atoms in total. The lowest BCUT2D eigenvalue weighted by Gasteiger charge is -2.09. The van der Waals surface area contributed by atoms with Crippen LogP contribution in [0.3, 0.4) is 0 Å². The van der Waals surface area contributed by atoms with Crippen LogP contribution in [0.2, 0.25) is 0 Å². The number of methoxy groups -OCH3 is 1. The minimum atomic E-state index is -0.195. The Bertz CT molecular complexity index is 655. The molecule has 0 aliphatic heterocycles. The van der Waals surface area contributed by atoms with E-state index in [2.05, 4.69) is 15.3 Å². The average Bonchev–Trinajstić information content (AvgIpc) is 3.01. The van der Waals surface area contributed by atoms with Crippen LogP contribution in [-0.4, -0.2) is 61.6 Å². The van der Waals surface area contributed by atoms with Gasteiger partial charge in [-0.1, -0.05) is 6.07 Å². The third-order valence-corrected chi connectivity index (χ3v) is 3.32. The van der Waals surface area contributed by atoms with Gasteiger partial charge in [-0.05, 0) is 32.3 Å². The molecule has 2 aromatic rings. The van der Waals surface area contributed by atoms with E-state index in [0.29, 0.717) is 30.2 Å². The van der Waals surface area contributed by atoms with Crippen LogP contribution >= 0.6 is 0 Å². The number of nitrogens with one attached hydrogen (secondary N) is 1. The number of carbonyl (C=O) groups excluding carboxylic acids is 1. The summed E-state index contributed by atoms with van der Waals surface area (Å²) in [5.74, 6) is 0.445. The Labute approximate surface area is 142 Å². The second-order valence-electron chi connectivity index (χ2n) is 5.62. The van der Waals surface area contributed by atoms with E-state index < -0.39 is 0 Å². The van der Waals surface area contributed by atoms with Crippen molar-refractivity contribution in [1.29, 1.82) is 0 Å². The molecule has 130 valence electrons. The number of benzene rings is 1. The number of aromatic nitrogens is 2. The van der Waals surface area contributed by atoms with Crippen molar-refractivity contribution in [2.45, 2.75) is 6.54 Å². The SMILES string of the molecule is COCCOc1cccc(C(=O)Nc2cnn(CCN(C)C)c2)c1. The van der Waals surface area contributed by atoms with E-state index in [1.54, 1.807) is 36.2 Å². The fraction of sp³-hybridized carbons (Fsp3) is 0.412. The van der Waals surface area contributed by atoms with Crippen LogP contribution in [0.15, 0.2) is 36.7 Å². The van der Waals surface area contributed by atoms with Crippen LogP contribution in [0.5, 0.6) is 5.75 Å². The van der Waals surface area contributed by atoms with E-state index in [1.807, 2.05) is 26.4 Å². The van der Waals surface area contributed by atoms with Gasteiger partial charge in [0.15, 0.2) is 0 Å². The molecule has 0 atom stereocenters. The molecule has 0 unspecified atom stereocenters. The van der Waals surface area contributed by atoms with Gasteiger partial charge in [-0.3, -0.25) is 9.48 Å². The van der Waals surface area contributed by atoms with E-state index in [1.165, 1.54) is 0 Å². The fourth-order valence-corrected chi connectivity index (χ4v) is 2.03. The molecule has 0 aliphatic carbocycles. The van der Waals surface area contributed by atoms with Gasteiger partial charge in [-0.2, -0.15) is 5.10 Å². The monoisotopic (exact) mass is 332 g/mol. The predicted molar refractivity (Wildman–Crippen MR) is 92.5 cm³/mol. The molecule has 2 rings (SSSR count). The minimum Gasteiger partial charge on any atom is -0.491 e. The number of anilines is 1. The first-order valence-electron chi connectivity index (χ1n) is 7.79. The molecular weight excluding hydrogens is 308 g/mol. The van der Waals surface area contributed by atoms with Crippen molar-refractivity contribution in [3.05, 3.63) is 42.2 Å². The van der Waals surface area contributed by atoms with Crippen LogP contribution in [0.4, 0.5) is 5.69 Å². The summed E-state index contributed by atoms with van der Waals surface area (Å²) in [6.07, 6.45) is 3.47. The lowest BCUT2D eigenvalue weighted by Crippen LogP contribution is -2.18. The highest BCUT2D eigenvalue weighted by molar-refractivity contribution is 6.04. The molecule has 1 aromatic heterocycles. The summed E-state index contributed by atoms with van der Waals surface area (Å²) in [6.45, 7) is 2.60. The standard InChI is InChI=1S/C17H24N4O3/c1-20(2)7-8-21-13-15(12-18-21)19-17(22)14-5-4-6-16(11-14)24-10-9-23-3/h4-6,11-13H,7-10H2,1-3H3,(H,19,22). The van der Waals surface area contributed by atoms with Gasteiger partial charge in [0.1, 0.15) is 12.4 Å². The second kappa shape index (κ2) is 9.05. The van der Waals surface area contributed by atoms with Gasteiger partial charge in [0.25, 0.3) is 5.91 Å². The largest absolute Gasteiger partial charge is 0.491 e. The van der Waals surface area contributed by atoms with Gasteiger partial charge >= 0.3 is 0 Å². The van der Waals surface area contributed by atoms with Crippen LogP contribution in [0.25, 0.3) is 0 Å². The molecule has 0 fully saturated rings. The van der Waals surface area contributed by atoms with Crippen molar-refractivity contribution in [1.82, 2.24) is 14.7 Å². The number of hydrogen-bond acceptors (Lipinski definition) is 5. The molecule has 1 N–H and O–H groups in total. The number of likely N-dealkylation sites (N-methyl/N-ethyl adjacent to an activating group) is 1. The molecule has 0 saturated heterocycles. The van der Waals surface area contributed by atoms with Crippen LogP contribution in [-0.2, 0) is 11.3 Å². The van der Waals surface area contributed by atoms with Gasteiger partial charge in [0.05, 0.1) is 25.0 Å². The molecule has 0 aliphatic rings. The zero-order valence-electron chi connectivity index (χ0n) is 14.4. The predicted octanol–water partition coefficient (Wildman–Crippen LogP) is 1.72. The summed E-state index contributed by atoms with van der Waals surface area (Å²) < 4.78 is 12.3. The van der Waals surface area contributed by atoms with Crippen LogP contribution in [0, 0.1) is 0 Å². The van der Waals surface area contributed by atoms with Crippen LogP contribution in [0.1, 0.15) is 10.4 Å². The van der Waals surface area contributed by atoms with Crippen molar-refractivity contribution >= 4 is 11.6 Å². The lowest BCUT2D eigenvalue weighted by molar-refractivity contribution is 0.102. The third-order valence-electron chi connectivity index (χ3n) is 3.32. The molecule has 1 amide bonds. The Morgan fingerprint density at radius 1 is 1.33 bits per heavy atom. The molecule has 0 spiro atoms. The van der Waals surface area contributed by atoms with E-state index in [-0.39, 0.29) is 5.91 Å². The molecule has 0 bridgehead atoms. The summed E-state index contributed by atoms with van der Waals surface area (Å²) in [5, 5.41) is 7.08. The van der Waals surface area contributed by atoms with Crippen molar-refractivity contribution < 1.29 is 14.3 Å². The Hall–Kier alpha value is -2.38. The number of rotatable bonds is 9. The summed E-state index contributed by atoms with van der Waals surface area (Å²) in [7, 11) is 5.63. The van der Waals surface area contributed by atoms with E-state index in [9.17, 15) is 4.79 Å². The first-order valence-corrected chi connectivity index (χ1v) is 7.79. The fourth-order valence-electron chi connectivity index (χ4n) is 2.03. The molecule has 1 aromatic carbocycles. The second-order valence-corrected chi connectivity index (χ2v) is 5.62. The van der Waals surface area contributed by atoms with Gasteiger partial charge in [0, 0.05) is 25.4 Å². The summed E-state index contributed by atoms with van der Waals surface area (Å²) in [4.78, 5) is 14.4. The number of ether oxygens (including phenoxy) is 2. The first kappa shape index (κ1) is 18.0. The topological polar surface area (TPSA) is 68.6 Å². The third kappa shape index (κ3) is 5.68. The molecular formula is C17H24N4O3. The smallest absolute Gasteiger partial charge is 0.255 e. The number of nitrogens with zero attached hydrogens (tertiary/aromatic N) is 3. The highest BCUT2D eigenvalue weighted by Crippen LogP contribution is 2.15. The Kier molecular flexibility index (Phi) is 6.77. The Morgan fingerprint density at radius 2 is 2.17 bits per heavy atom. The van der Waals surface area contributed by atoms with Gasteiger partial charge in [-0.25, -0.2) is 0 Å². The number of amides is 1. The Morgan fingerprint density at radius 3 is 2.92 bits per heavy atom. The lowest BCUT2D eigenvalue weighted by atomic mass is 10.2. The molecule has 24 heavy (non-hydrogen) atoms. The van der Waals surface area contributed by atoms with Gasteiger partial charge < -0.3 is 19.7 Å². The van der Waals surface area contributed by atoms with Crippen molar-refractivity contribution in [3.8, 4) is 5.75 Å². The summed E-state index contributed by atoms with van der Waals surface area (Å²) in [5.41, 5.74) is 1.20. The number of hydrogen-bond donors (Lipinski definition) is 1. The van der Waals surface area contributed by atoms with Crippen LogP contribution < -0.4 is 10.1 Å². The number of carbonyl (C=O) groups is 1. The summed E-state index contributed by atoms with van der Waals surface area (Å²) >= 11 is 0. The maximum Gasteiger partial charge on any atom is 0.255 e. The molecule has 7 heteroatoms. The Balaban J connectivity index is 1.93. The maximum absolute atomic E-state index is 12.3. The summed E-state index contributed by atoms with van der Waals surface area (Å²) in [6, 6.07) is 7.06. The highest BCUT2D eigenvalue weighted by atomic mass is 16.5. The zero-order valence-corrected chi connectivity index (χ0v) is 14.4.